The second-order valence-electron chi connectivity index (χ2n) is 9.66. The van der Waals surface area contributed by atoms with E-state index >= 15 is 0 Å². The van der Waals surface area contributed by atoms with Gasteiger partial charge in [0.1, 0.15) is 0 Å². The number of amides is 1. The minimum Gasteiger partial charge on any atom is -0.382 e. The zero-order chi connectivity index (χ0) is 24.3. The Morgan fingerprint density at radius 2 is 1.85 bits per heavy atom. The molecule has 34 heavy (non-hydrogen) atoms. The van der Waals surface area contributed by atoms with Gasteiger partial charge in [-0.3, -0.25) is 9.69 Å². The van der Waals surface area contributed by atoms with E-state index in [-0.39, 0.29) is 29.4 Å². The third kappa shape index (κ3) is 4.74. The lowest BCUT2D eigenvalue weighted by atomic mass is 9.71. The minimum absolute atomic E-state index is 0.00351. The van der Waals surface area contributed by atoms with E-state index in [9.17, 15) is 13.6 Å². The fourth-order valence-electron chi connectivity index (χ4n) is 5.42. The number of hydrogen-bond donors (Lipinski definition) is 1. The van der Waals surface area contributed by atoms with Crippen molar-refractivity contribution in [2.45, 2.75) is 50.8 Å². The van der Waals surface area contributed by atoms with Crippen molar-refractivity contribution in [1.29, 1.82) is 0 Å². The van der Waals surface area contributed by atoms with Crippen LogP contribution in [0.25, 0.3) is 0 Å². The molecule has 2 aromatic rings. The van der Waals surface area contributed by atoms with Gasteiger partial charge < -0.3 is 14.8 Å². The molecule has 2 atom stereocenters. The molecule has 1 aliphatic heterocycles. The van der Waals surface area contributed by atoms with Crippen LogP contribution in [0, 0.1) is 17.6 Å². The Morgan fingerprint density at radius 1 is 1.12 bits per heavy atom. The van der Waals surface area contributed by atoms with Gasteiger partial charge in [-0.1, -0.05) is 50.2 Å². The molecule has 2 aliphatic rings. The molecule has 5 nitrogen and oxygen atoms in total. The van der Waals surface area contributed by atoms with Gasteiger partial charge in [0.15, 0.2) is 11.6 Å². The standard InChI is InChI=1S/C27H34F2N2O3/c1-18(2)26(32)30-24-20-8-4-5-9-21(20)27(25(24)34-16-15-33-3)11-13-31(14-12-27)17-19-7-6-10-22(28)23(19)29/h4-10,18,24-25H,11-17H2,1-3H3,(H,30,32)/t24-,25+/m0/s1. The fraction of sp³-hybridized carbons (Fsp3) is 0.519. The highest BCUT2D eigenvalue weighted by Gasteiger charge is 2.54. The predicted molar refractivity (Wildman–Crippen MR) is 126 cm³/mol. The highest BCUT2D eigenvalue weighted by atomic mass is 19.2. The van der Waals surface area contributed by atoms with E-state index in [1.54, 1.807) is 19.2 Å². The number of likely N-dealkylation sites (tertiary alicyclic amines) is 1. The van der Waals surface area contributed by atoms with E-state index in [4.69, 9.17) is 9.47 Å². The first-order valence-corrected chi connectivity index (χ1v) is 12.0. The summed E-state index contributed by atoms with van der Waals surface area (Å²) in [6.07, 6.45) is 1.37. The maximum Gasteiger partial charge on any atom is 0.223 e. The first kappa shape index (κ1) is 24.8. The van der Waals surface area contributed by atoms with Crippen LogP contribution in [0.1, 0.15) is 49.4 Å². The number of nitrogens with one attached hydrogen (secondary N) is 1. The number of rotatable bonds is 8. The Labute approximate surface area is 200 Å². The van der Waals surface area contributed by atoms with Crippen LogP contribution >= 0.6 is 0 Å². The van der Waals surface area contributed by atoms with Crippen LogP contribution in [-0.2, 0) is 26.2 Å². The van der Waals surface area contributed by atoms with Gasteiger partial charge in [-0.2, -0.15) is 0 Å². The molecule has 2 aromatic carbocycles. The van der Waals surface area contributed by atoms with Gasteiger partial charge in [-0.05, 0) is 43.1 Å². The van der Waals surface area contributed by atoms with Gasteiger partial charge in [0.2, 0.25) is 5.91 Å². The SMILES string of the molecule is COCCO[C@@H]1[C@@H](NC(=O)C(C)C)c2ccccc2C12CCN(Cc1cccc(F)c1F)CC2. The van der Waals surface area contributed by atoms with E-state index in [1.165, 1.54) is 5.56 Å². The zero-order valence-corrected chi connectivity index (χ0v) is 20.2. The Kier molecular flexibility index (Phi) is 7.65. The summed E-state index contributed by atoms with van der Waals surface area (Å²) in [7, 11) is 1.64. The number of halogens is 2. The van der Waals surface area contributed by atoms with Crippen molar-refractivity contribution < 1.29 is 23.0 Å². The second-order valence-corrected chi connectivity index (χ2v) is 9.66. The number of fused-ring (bicyclic) bond motifs is 2. The maximum atomic E-state index is 14.2. The largest absolute Gasteiger partial charge is 0.382 e. The van der Waals surface area contributed by atoms with Gasteiger partial charge in [0.05, 0.1) is 25.4 Å². The predicted octanol–water partition coefficient (Wildman–Crippen LogP) is 4.36. The number of hydrogen-bond acceptors (Lipinski definition) is 4. The van der Waals surface area contributed by atoms with Crippen molar-refractivity contribution >= 4 is 5.91 Å². The topological polar surface area (TPSA) is 50.8 Å². The van der Waals surface area contributed by atoms with E-state index in [2.05, 4.69) is 22.3 Å². The van der Waals surface area contributed by atoms with Crippen molar-refractivity contribution in [3.8, 4) is 0 Å². The quantitative estimate of drug-likeness (QED) is 0.580. The zero-order valence-electron chi connectivity index (χ0n) is 20.2. The summed E-state index contributed by atoms with van der Waals surface area (Å²) in [6, 6.07) is 12.4. The molecule has 1 aliphatic carbocycles. The lowest BCUT2D eigenvalue weighted by Crippen LogP contribution is -2.51. The van der Waals surface area contributed by atoms with E-state index in [1.807, 2.05) is 26.0 Å². The molecule has 1 N–H and O–H groups in total. The number of carbonyl (C=O) groups excluding carboxylic acids is 1. The molecule has 1 amide bonds. The summed E-state index contributed by atoms with van der Waals surface area (Å²) in [5.74, 6) is -1.72. The summed E-state index contributed by atoms with van der Waals surface area (Å²) < 4.78 is 39.6. The van der Waals surface area contributed by atoms with Crippen molar-refractivity contribution in [3.63, 3.8) is 0 Å². The molecule has 1 saturated heterocycles. The van der Waals surface area contributed by atoms with E-state index in [0.29, 0.717) is 25.3 Å². The first-order valence-electron chi connectivity index (χ1n) is 12.0. The highest BCUT2D eigenvalue weighted by Crippen LogP contribution is 2.52. The van der Waals surface area contributed by atoms with Gasteiger partial charge in [-0.15, -0.1) is 0 Å². The summed E-state index contributed by atoms with van der Waals surface area (Å²) in [4.78, 5) is 14.9. The molecule has 184 valence electrons. The Balaban J connectivity index is 1.59. The number of carbonyl (C=O) groups is 1. The first-order chi connectivity index (χ1) is 16.4. The molecule has 0 aromatic heterocycles. The molecule has 0 unspecified atom stereocenters. The average molecular weight is 473 g/mol. The molecule has 4 rings (SSSR count). The number of nitrogens with zero attached hydrogens (tertiary/aromatic N) is 1. The summed E-state index contributed by atoms with van der Waals surface area (Å²) in [6.45, 7) is 6.48. The maximum absolute atomic E-state index is 14.2. The smallest absolute Gasteiger partial charge is 0.223 e. The van der Waals surface area contributed by atoms with Crippen molar-refractivity contribution in [2.24, 2.45) is 5.92 Å². The molecule has 7 heteroatoms. The van der Waals surface area contributed by atoms with Crippen LogP contribution in [0.3, 0.4) is 0 Å². The Morgan fingerprint density at radius 3 is 2.56 bits per heavy atom. The molecular formula is C27H34F2N2O3. The molecule has 1 spiro atoms. The number of piperidine rings is 1. The number of ether oxygens (including phenoxy) is 2. The normalized spacial score (nSPS) is 21.7. The second kappa shape index (κ2) is 10.5. The molecule has 1 heterocycles. The van der Waals surface area contributed by atoms with Crippen molar-refractivity contribution in [3.05, 3.63) is 70.8 Å². The van der Waals surface area contributed by atoms with Crippen LogP contribution in [0.5, 0.6) is 0 Å². The van der Waals surface area contributed by atoms with E-state index in [0.717, 1.165) is 37.6 Å². The van der Waals surface area contributed by atoms with Crippen LogP contribution in [0.15, 0.2) is 42.5 Å². The summed E-state index contributed by atoms with van der Waals surface area (Å²) in [5.41, 5.74) is 2.42. The highest BCUT2D eigenvalue weighted by molar-refractivity contribution is 5.78. The van der Waals surface area contributed by atoms with Crippen molar-refractivity contribution in [1.82, 2.24) is 10.2 Å². The lowest BCUT2D eigenvalue weighted by molar-refractivity contribution is -0.127. The lowest BCUT2D eigenvalue weighted by Gasteiger charge is -2.44. The van der Waals surface area contributed by atoms with Gasteiger partial charge in [0, 0.05) is 30.6 Å². The third-order valence-electron chi connectivity index (χ3n) is 7.26. The monoisotopic (exact) mass is 472 g/mol. The molecule has 0 radical (unpaired) electrons. The van der Waals surface area contributed by atoms with E-state index < -0.39 is 11.6 Å². The van der Waals surface area contributed by atoms with Crippen LogP contribution in [0.4, 0.5) is 8.78 Å². The molecule has 1 fully saturated rings. The van der Waals surface area contributed by atoms with Gasteiger partial charge in [0.25, 0.3) is 0 Å². The molecular weight excluding hydrogens is 438 g/mol. The number of benzene rings is 2. The van der Waals surface area contributed by atoms with Crippen LogP contribution in [-0.4, -0.2) is 50.3 Å². The van der Waals surface area contributed by atoms with Crippen LogP contribution in [0.2, 0.25) is 0 Å². The van der Waals surface area contributed by atoms with Gasteiger partial charge in [-0.25, -0.2) is 8.78 Å². The molecule has 0 saturated carbocycles. The van der Waals surface area contributed by atoms with Crippen LogP contribution < -0.4 is 5.32 Å². The Hall–Kier alpha value is -2.35. The number of methoxy groups -OCH3 is 1. The minimum atomic E-state index is -0.814. The molecule has 0 bridgehead atoms. The summed E-state index contributed by atoms with van der Waals surface area (Å²) in [5, 5.41) is 3.24. The van der Waals surface area contributed by atoms with Gasteiger partial charge >= 0.3 is 0 Å². The average Bonchev–Trinajstić information content (AvgIpc) is 3.07. The fourth-order valence-corrected chi connectivity index (χ4v) is 5.42. The summed E-state index contributed by atoms with van der Waals surface area (Å²) >= 11 is 0. The Bertz CT molecular complexity index is 1010. The van der Waals surface area contributed by atoms with Crippen molar-refractivity contribution in [2.75, 3.05) is 33.4 Å². The third-order valence-corrected chi connectivity index (χ3v) is 7.26.